The first-order chi connectivity index (χ1) is 15.0. The minimum Gasteiger partial charge on any atom is -0.379 e. The summed E-state index contributed by atoms with van der Waals surface area (Å²) in [6, 6.07) is 9.97. The molecule has 1 aliphatic rings. The van der Waals surface area contributed by atoms with Gasteiger partial charge in [0.05, 0.1) is 45.8 Å². The van der Waals surface area contributed by atoms with Gasteiger partial charge in [-0.15, -0.1) is 0 Å². The van der Waals surface area contributed by atoms with Gasteiger partial charge in [0.1, 0.15) is 6.54 Å². The van der Waals surface area contributed by atoms with E-state index in [1.165, 1.54) is 34.6 Å². The Kier molecular flexibility index (Phi) is 7.69. The number of hydrogen-bond donors (Lipinski definition) is 1. The Morgan fingerprint density at radius 3 is 2.28 bits per heavy atom. The van der Waals surface area contributed by atoms with Crippen molar-refractivity contribution in [1.82, 2.24) is 4.31 Å². The number of benzene rings is 2. The van der Waals surface area contributed by atoms with Gasteiger partial charge >= 0.3 is 0 Å². The van der Waals surface area contributed by atoms with E-state index in [1.807, 2.05) is 0 Å². The number of amides is 1. The molecule has 2 aromatic rings. The normalized spacial score (nSPS) is 15.3. The fourth-order valence-electron chi connectivity index (χ4n) is 3.04. The number of anilines is 2. The molecular weight excluding hydrogens is 501 g/mol. The highest BCUT2D eigenvalue weighted by Gasteiger charge is 2.27. The third-order valence-corrected chi connectivity index (χ3v) is 8.52. The smallest absolute Gasteiger partial charge is 0.245 e. The van der Waals surface area contributed by atoms with Gasteiger partial charge in [-0.25, -0.2) is 16.8 Å². The summed E-state index contributed by atoms with van der Waals surface area (Å²) in [5.74, 6) is -0.649. The number of morpholine rings is 1. The first-order valence-electron chi connectivity index (χ1n) is 9.39. The molecule has 1 N–H and O–H groups in total. The van der Waals surface area contributed by atoms with E-state index in [2.05, 4.69) is 5.32 Å². The van der Waals surface area contributed by atoms with Gasteiger partial charge in [-0.3, -0.25) is 9.10 Å². The van der Waals surface area contributed by atoms with Crippen LogP contribution in [0.15, 0.2) is 47.4 Å². The van der Waals surface area contributed by atoms with Crippen molar-refractivity contribution in [2.45, 2.75) is 4.90 Å². The van der Waals surface area contributed by atoms with Gasteiger partial charge in [0.15, 0.2) is 0 Å². The summed E-state index contributed by atoms with van der Waals surface area (Å²) in [6.07, 6.45) is 0.949. The Balaban J connectivity index is 1.80. The molecule has 2 aromatic carbocycles. The molecule has 32 heavy (non-hydrogen) atoms. The van der Waals surface area contributed by atoms with Gasteiger partial charge in [-0.05, 0) is 36.4 Å². The Bertz CT molecular complexity index is 1200. The summed E-state index contributed by atoms with van der Waals surface area (Å²) < 4.78 is 57.5. The first-order valence-corrected chi connectivity index (χ1v) is 13.4. The van der Waals surface area contributed by atoms with Gasteiger partial charge in [-0.1, -0.05) is 29.3 Å². The van der Waals surface area contributed by atoms with Crippen LogP contribution in [0.2, 0.25) is 10.0 Å². The molecule has 0 atom stereocenters. The van der Waals surface area contributed by atoms with E-state index in [0.29, 0.717) is 13.2 Å². The molecule has 0 unspecified atom stereocenters. The average molecular weight is 522 g/mol. The van der Waals surface area contributed by atoms with E-state index in [1.54, 1.807) is 12.1 Å². The van der Waals surface area contributed by atoms with Crippen molar-refractivity contribution < 1.29 is 26.4 Å². The maximum Gasteiger partial charge on any atom is 0.245 e. The molecule has 3 rings (SSSR count). The molecular formula is C19H21Cl2N3O6S2. The molecule has 0 bridgehead atoms. The molecule has 0 aliphatic carbocycles. The minimum absolute atomic E-state index is 0.0201. The fourth-order valence-corrected chi connectivity index (χ4v) is 5.65. The van der Waals surface area contributed by atoms with Crippen LogP contribution in [0.4, 0.5) is 11.4 Å². The van der Waals surface area contributed by atoms with Crippen LogP contribution in [0.25, 0.3) is 0 Å². The van der Waals surface area contributed by atoms with E-state index in [0.717, 1.165) is 10.6 Å². The van der Waals surface area contributed by atoms with Crippen molar-refractivity contribution in [2.75, 3.05) is 48.7 Å². The molecule has 1 fully saturated rings. The topological polar surface area (TPSA) is 113 Å². The number of halogens is 2. The summed E-state index contributed by atoms with van der Waals surface area (Å²) in [4.78, 5) is 12.5. The van der Waals surface area contributed by atoms with Crippen LogP contribution in [0.5, 0.6) is 0 Å². The van der Waals surface area contributed by atoms with Gasteiger partial charge < -0.3 is 10.1 Å². The van der Waals surface area contributed by atoms with Crippen molar-refractivity contribution in [3.63, 3.8) is 0 Å². The van der Waals surface area contributed by atoms with E-state index in [9.17, 15) is 21.6 Å². The molecule has 0 aromatic heterocycles. The number of nitrogens with zero attached hydrogens (tertiary/aromatic N) is 2. The lowest BCUT2D eigenvalue weighted by Crippen LogP contribution is -2.40. The molecule has 1 aliphatic heterocycles. The Labute approximate surface area is 197 Å². The van der Waals surface area contributed by atoms with E-state index in [4.69, 9.17) is 27.9 Å². The summed E-state index contributed by atoms with van der Waals surface area (Å²) in [5.41, 5.74) is 0.380. The Morgan fingerprint density at radius 1 is 1.06 bits per heavy atom. The molecule has 0 radical (unpaired) electrons. The molecule has 0 spiro atoms. The van der Waals surface area contributed by atoms with Crippen molar-refractivity contribution in [2.24, 2.45) is 0 Å². The lowest BCUT2D eigenvalue weighted by Gasteiger charge is -2.26. The number of carbonyl (C=O) groups excluding carboxylic acids is 1. The van der Waals surface area contributed by atoms with Crippen molar-refractivity contribution >= 4 is 60.5 Å². The van der Waals surface area contributed by atoms with Crippen LogP contribution >= 0.6 is 23.2 Å². The summed E-state index contributed by atoms with van der Waals surface area (Å²) in [6.45, 7) is 0.560. The SMILES string of the molecule is CS(=O)(=O)N(CC(=O)Nc1cccc(Cl)c1Cl)c1ccc(S(=O)(=O)N2CCOCC2)cc1. The van der Waals surface area contributed by atoms with Crippen molar-refractivity contribution in [3.05, 3.63) is 52.5 Å². The number of hydrogen-bond acceptors (Lipinski definition) is 6. The number of nitrogens with one attached hydrogen (secondary N) is 1. The summed E-state index contributed by atoms with van der Waals surface area (Å²) >= 11 is 12.0. The van der Waals surface area contributed by atoms with Crippen LogP contribution in [0, 0.1) is 0 Å². The second-order valence-corrected chi connectivity index (χ2v) is 11.6. The number of ether oxygens (including phenoxy) is 1. The Hall–Kier alpha value is -1.89. The monoisotopic (exact) mass is 521 g/mol. The van der Waals surface area contributed by atoms with Crippen LogP contribution in [-0.4, -0.2) is 66.2 Å². The van der Waals surface area contributed by atoms with E-state index in [-0.39, 0.29) is 39.4 Å². The molecule has 1 heterocycles. The second kappa shape index (κ2) is 9.94. The highest BCUT2D eigenvalue weighted by Crippen LogP contribution is 2.30. The first kappa shape index (κ1) is 24.7. The molecule has 9 nitrogen and oxygen atoms in total. The largest absolute Gasteiger partial charge is 0.379 e. The summed E-state index contributed by atoms with van der Waals surface area (Å²) in [7, 11) is -7.59. The zero-order valence-electron chi connectivity index (χ0n) is 17.0. The summed E-state index contributed by atoms with van der Waals surface area (Å²) in [5, 5.41) is 2.89. The maximum atomic E-state index is 12.8. The van der Waals surface area contributed by atoms with Crippen molar-refractivity contribution in [1.29, 1.82) is 0 Å². The number of carbonyl (C=O) groups is 1. The van der Waals surface area contributed by atoms with Gasteiger partial charge in [-0.2, -0.15) is 4.31 Å². The molecule has 174 valence electrons. The van der Waals surface area contributed by atoms with E-state index < -0.39 is 32.5 Å². The van der Waals surface area contributed by atoms with Crippen molar-refractivity contribution in [3.8, 4) is 0 Å². The molecule has 1 amide bonds. The lowest BCUT2D eigenvalue weighted by molar-refractivity contribution is -0.114. The predicted octanol–water partition coefficient (Wildman–Crippen LogP) is 2.42. The Morgan fingerprint density at radius 2 is 1.69 bits per heavy atom. The highest BCUT2D eigenvalue weighted by molar-refractivity contribution is 7.92. The van der Waals surface area contributed by atoms with E-state index >= 15 is 0 Å². The molecule has 1 saturated heterocycles. The average Bonchev–Trinajstić information content (AvgIpc) is 2.75. The van der Waals surface area contributed by atoms with Gasteiger partial charge in [0.2, 0.25) is 26.0 Å². The van der Waals surface area contributed by atoms with Crippen LogP contribution < -0.4 is 9.62 Å². The van der Waals surface area contributed by atoms with Crippen LogP contribution in [0.3, 0.4) is 0 Å². The zero-order valence-corrected chi connectivity index (χ0v) is 20.1. The minimum atomic E-state index is -3.86. The van der Waals surface area contributed by atoms with Gasteiger partial charge in [0, 0.05) is 13.1 Å². The fraction of sp³-hybridized carbons (Fsp3) is 0.316. The lowest BCUT2D eigenvalue weighted by atomic mass is 10.3. The highest BCUT2D eigenvalue weighted by atomic mass is 35.5. The third-order valence-electron chi connectivity index (χ3n) is 4.65. The zero-order chi connectivity index (χ0) is 23.5. The quantitative estimate of drug-likeness (QED) is 0.598. The van der Waals surface area contributed by atoms with Crippen LogP contribution in [0.1, 0.15) is 0 Å². The molecule has 0 saturated carbocycles. The molecule has 13 heteroatoms. The van der Waals surface area contributed by atoms with Crippen LogP contribution in [-0.2, 0) is 29.6 Å². The third kappa shape index (κ3) is 5.72. The number of sulfonamides is 2. The predicted molar refractivity (Wildman–Crippen MR) is 123 cm³/mol. The maximum absolute atomic E-state index is 12.8. The standard InChI is InChI=1S/C19H21Cl2N3O6S2/c1-31(26,27)24(13-18(25)22-17-4-2-3-16(20)19(17)21)14-5-7-15(8-6-14)32(28,29)23-9-11-30-12-10-23/h2-8H,9-13H2,1H3,(H,22,25). The second-order valence-electron chi connectivity index (χ2n) is 6.93. The van der Waals surface area contributed by atoms with Gasteiger partial charge in [0.25, 0.3) is 0 Å². The number of rotatable bonds is 7.